The molecule has 2 amide bonds. The first-order valence-electron chi connectivity index (χ1n) is 12.8. The van der Waals surface area contributed by atoms with E-state index in [4.69, 9.17) is 0 Å². The Kier molecular flexibility index (Phi) is 9.54. The Bertz CT molecular complexity index is 935. The lowest BCUT2D eigenvalue weighted by Gasteiger charge is -2.33. The van der Waals surface area contributed by atoms with Crippen molar-refractivity contribution in [2.24, 2.45) is 17.8 Å². The number of hydrogen-bond acceptors (Lipinski definition) is 4. The largest absolute Gasteiger partial charge is 0.390 e. The highest BCUT2D eigenvalue weighted by molar-refractivity contribution is 6.06. The third kappa shape index (κ3) is 7.06. The second-order valence-corrected chi connectivity index (χ2v) is 10.4. The van der Waals surface area contributed by atoms with E-state index in [0.717, 1.165) is 23.7 Å². The van der Waals surface area contributed by atoms with E-state index in [1.165, 1.54) is 19.3 Å². The topological polar surface area (TPSA) is 114 Å². The molecule has 2 aromatic rings. The molecule has 0 spiro atoms. The predicted molar refractivity (Wildman–Crippen MR) is 134 cm³/mol. The van der Waals surface area contributed by atoms with Gasteiger partial charge in [0.25, 0.3) is 5.91 Å². The Balaban J connectivity index is 1.59. The van der Waals surface area contributed by atoms with Crippen molar-refractivity contribution in [1.29, 1.82) is 0 Å². The molecule has 34 heavy (non-hydrogen) atoms. The van der Waals surface area contributed by atoms with Gasteiger partial charge in [0.2, 0.25) is 5.91 Å². The molecule has 0 radical (unpaired) electrons. The van der Waals surface area contributed by atoms with E-state index < -0.39 is 24.2 Å². The molecular weight excluding hydrogens is 430 g/mol. The summed E-state index contributed by atoms with van der Waals surface area (Å²) in [6.07, 6.45) is 6.69. The van der Waals surface area contributed by atoms with Gasteiger partial charge < -0.3 is 25.8 Å². The average Bonchev–Trinajstić information content (AvgIpc) is 3.26. The maximum atomic E-state index is 13.0. The minimum absolute atomic E-state index is 0.185. The summed E-state index contributed by atoms with van der Waals surface area (Å²) in [5.41, 5.74) is 1.43. The molecule has 1 fully saturated rings. The zero-order valence-electron chi connectivity index (χ0n) is 20.7. The highest BCUT2D eigenvalue weighted by Gasteiger charge is 2.32. The van der Waals surface area contributed by atoms with Crippen molar-refractivity contribution in [2.45, 2.75) is 84.0 Å². The van der Waals surface area contributed by atoms with Gasteiger partial charge >= 0.3 is 0 Å². The number of aliphatic hydroxyl groups is 2. The first-order valence-corrected chi connectivity index (χ1v) is 12.8. The van der Waals surface area contributed by atoms with E-state index in [9.17, 15) is 19.8 Å². The zero-order chi connectivity index (χ0) is 24.7. The Hall–Kier alpha value is -2.38. The van der Waals surface area contributed by atoms with Crippen molar-refractivity contribution >= 4 is 22.7 Å². The van der Waals surface area contributed by atoms with Crippen molar-refractivity contribution < 1.29 is 19.8 Å². The Morgan fingerprint density at radius 1 is 1.09 bits per heavy atom. The number of fused-ring (bicyclic) bond motifs is 1. The second-order valence-electron chi connectivity index (χ2n) is 10.4. The summed E-state index contributed by atoms with van der Waals surface area (Å²) in [6.45, 7) is 5.96. The smallest absolute Gasteiger partial charge is 0.253 e. The second kappa shape index (κ2) is 12.4. The van der Waals surface area contributed by atoms with Crippen LogP contribution in [0.3, 0.4) is 0 Å². The lowest BCUT2D eigenvalue weighted by atomic mass is 9.82. The lowest BCUT2D eigenvalue weighted by molar-refractivity contribution is -0.127. The van der Waals surface area contributed by atoms with Crippen LogP contribution in [0.1, 0.15) is 76.1 Å². The number of amides is 2. The van der Waals surface area contributed by atoms with Crippen LogP contribution in [0.25, 0.3) is 10.9 Å². The predicted octanol–water partition coefficient (Wildman–Crippen LogP) is 3.76. The molecule has 1 heterocycles. The number of aliphatic hydroxyl groups excluding tert-OH is 2. The van der Waals surface area contributed by atoms with Crippen LogP contribution in [-0.2, 0) is 4.79 Å². The van der Waals surface area contributed by atoms with Crippen molar-refractivity contribution in [1.82, 2.24) is 15.6 Å². The molecular formula is C27H41N3O4. The molecule has 1 saturated carbocycles. The maximum Gasteiger partial charge on any atom is 0.253 e. The van der Waals surface area contributed by atoms with Crippen LogP contribution in [0.2, 0.25) is 0 Å². The maximum absolute atomic E-state index is 13.0. The lowest BCUT2D eigenvalue weighted by Crippen LogP contribution is -2.52. The molecule has 4 atom stereocenters. The molecule has 5 N–H and O–H groups in total. The SMILES string of the molecule is CC(C)C[C@H](O)[C@H](O)[C@@H](CC1CCCCC1)NC(=O)[C@@H](C)CNC(=O)c1c[nH]c2ccccc12. The summed E-state index contributed by atoms with van der Waals surface area (Å²) in [5.74, 6) is -0.248. The Morgan fingerprint density at radius 3 is 2.50 bits per heavy atom. The first kappa shape index (κ1) is 26.2. The van der Waals surface area contributed by atoms with Gasteiger partial charge in [-0.1, -0.05) is 71.1 Å². The number of H-pyrrole nitrogens is 1. The van der Waals surface area contributed by atoms with Gasteiger partial charge in [-0.3, -0.25) is 9.59 Å². The van der Waals surface area contributed by atoms with Crippen molar-refractivity contribution in [3.63, 3.8) is 0 Å². The number of aromatic nitrogens is 1. The van der Waals surface area contributed by atoms with E-state index in [0.29, 0.717) is 24.3 Å². The number of nitrogens with one attached hydrogen (secondary N) is 3. The molecule has 1 aromatic heterocycles. The number of carbonyl (C=O) groups is 2. The standard InChI is InChI=1S/C27H41N3O4/c1-17(2)13-24(31)25(32)23(14-19-9-5-4-6-10-19)30-26(33)18(3)15-29-27(34)21-16-28-22-12-8-7-11-20(21)22/h7-8,11-12,16-19,23-25,28,31-32H,4-6,9-10,13-15H2,1-3H3,(H,29,34)(H,30,33)/t18-,23+,24-,25+/m0/s1. The third-order valence-electron chi connectivity index (χ3n) is 7.01. The summed E-state index contributed by atoms with van der Waals surface area (Å²) >= 11 is 0. The van der Waals surface area contributed by atoms with Crippen molar-refractivity contribution in [3.8, 4) is 0 Å². The van der Waals surface area contributed by atoms with E-state index in [1.54, 1.807) is 13.1 Å². The normalized spacial score (nSPS) is 18.4. The molecule has 7 nitrogen and oxygen atoms in total. The van der Waals surface area contributed by atoms with Crippen LogP contribution in [-0.4, -0.2) is 51.8 Å². The van der Waals surface area contributed by atoms with Crippen LogP contribution in [0.4, 0.5) is 0 Å². The zero-order valence-corrected chi connectivity index (χ0v) is 20.7. The Morgan fingerprint density at radius 2 is 1.79 bits per heavy atom. The van der Waals surface area contributed by atoms with Gasteiger partial charge in [-0.2, -0.15) is 0 Å². The van der Waals surface area contributed by atoms with Gasteiger partial charge in [-0.25, -0.2) is 0 Å². The highest BCUT2D eigenvalue weighted by Crippen LogP contribution is 2.29. The van der Waals surface area contributed by atoms with Crippen LogP contribution in [0.15, 0.2) is 30.5 Å². The van der Waals surface area contributed by atoms with E-state index in [1.807, 2.05) is 38.1 Å². The van der Waals surface area contributed by atoms with Gasteiger partial charge in [0, 0.05) is 23.6 Å². The fraction of sp³-hybridized carbons (Fsp3) is 0.630. The monoisotopic (exact) mass is 471 g/mol. The number of hydrogen-bond donors (Lipinski definition) is 5. The molecule has 3 rings (SSSR count). The summed E-state index contributed by atoms with van der Waals surface area (Å²) in [7, 11) is 0. The number of rotatable bonds is 11. The molecule has 188 valence electrons. The summed E-state index contributed by atoms with van der Waals surface area (Å²) in [4.78, 5) is 28.8. The summed E-state index contributed by atoms with van der Waals surface area (Å²) < 4.78 is 0. The van der Waals surface area contributed by atoms with Crippen LogP contribution < -0.4 is 10.6 Å². The molecule has 1 aromatic carbocycles. The van der Waals surface area contributed by atoms with Gasteiger partial charge in [-0.15, -0.1) is 0 Å². The number of aromatic amines is 1. The van der Waals surface area contributed by atoms with Crippen molar-refractivity contribution in [3.05, 3.63) is 36.0 Å². The minimum Gasteiger partial charge on any atom is -0.390 e. The molecule has 7 heteroatoms. The van der Waals surface area contributed by atoms with Gasteiger partial charge in [0.15, 0.2) is 0 Å². The van der Waals surface area contributed by atoms with Crippen LogP contribution in [0.5, 0.6) is 0 Å². The molecule has 0 saturated heterocycles. The Labute approximate surface area is 202 Å². The van der Waals surface area contributed by atoms with E-state index in [-0.39, 0.29) is 24.3 Å². The first-order chi connectivity index (χ1) is 16.3. The summed E-state index contributed by atoms with van der Waals surface area (Å²) in [5, 5.41) is 28.1. The van der Waals surface area contributed by atoms with Gasteiger partial charge in [0.1, 0.15) is 6.10 Å². The average molecular weight is 472 g/mol. The molecule has 0 aliphatic heterocycles. The molecule has 1 aliphatic rings. The molecule has 0 bridgehead atoms. The van der Waals surface area contributed by atoms with Crippen LogP contribution >= 0.6 is 0 Å². The minimum atomic E-state index is -1.01. The number of carbonyl (C=O) groups excluding carboxylic acids is 2. The molecule has 1 aliphatic carbocycles. The molecule has 0 unspecified atom stereocenters. The van der Waals surface area contributed by atoms with Gasteiger partial charge in [0.05, 0.1) is 23.6 Å². The fourth-order valence-corrected chi connectivity index (χ4v) is 4.97. The van der Waals surface area contributed by atoms with E-state index in [2.05, 4.69) is 15.6 Å². The van der Waals surface area contributed by atoms with Crippen molar-refractivity contribution in [2.75, 3.05) is 6.54 Å². The third-order valence-corrected chi connectivity index (χ3v) is 7.01. The highest BCUT2D eigenvalue weighted by atomic mass is 16.3. The van der Waals surface area contributed by atoms with Crippen LogP contribution in [0, 0.1) is 17.8 Å². The summed E-state index contributed by atoms with van der Waals surface area (Å²) in [6, 6.07) is 7.08. The fourth-order valence-electron chi connectivity index (χ4n) is 4.97. The van der Waals surface area contributed by atoms with E-state index >= 15 is 0 Å². The number of para-hydroxylation sites is 1. The van der Waals surface area contributed by atoms with Gasteiger partial charge in [-0.05, 0) is 30.7 Å². The number of benzene rings is 1. The quantitative estimate of drug-likeness (QED) is 0.343.